The van der Waals surface area contributed by atoms with Gasteiger partial charge in [-0.25, -0.2) is 4.39 Å². The average Bonchev–Trinajstić information content (AvgIpc) is 2.26. The maximum Gasteiger partial charge on any atom is 0.145 e. The van der Waals surface area contributed by atoms with Crippen LogP contribution in [0.15, 0.2) is 23.9 Å². The van der Waals surface area contributed by atoms with E-state index < -0.39 is 5.82 Å². The molecule has 0 aliphatic heterocycles. The molecule has 80 valence electrons. The predicted molar refractivity (Wildman–Crippen MR) is 56.0 cm³/mol. The summed E-state index contributed by atoms with van der Waals surface area (Å²) in [5.41, 5.74) is -0.181. The lowest BCUT2D eigenvalue weighted by Gasteiger charge is -2.04. The van der Waals surface area contributed by atoms with E-state index in [1.54, 1.807) is 12.1 Å². The predicted octanol–water partition coefficient (Wildman–Crippen LogP) is 2.53. The molecule has 6 heteroatoms. The highest BCUT2D eigenvalue weighted by Gasteiger charge is 2.06. The molecule has 0 heterocycles. The third kappa shape index (κ3) is 2.63. The Hall–Kier alpha value is -2.24. The van der Waals surface area contributed by atoms with Crippen LogP contribution in [0.4, 0.5) is 10.1 Å². The van der Waals surface area contributed by atoms with Crippen LogP contribution < -0.4 is 5.32 Å². The van der Waals surface area contributed by atoms with Crippen molar-refractivity contribution in [2.24, 2.45) is 0 Å². The van der Waals surface area contributed by atoms with Gasteiger partial charge in [0.05, 0.1) is 10.7 Å². The second-order valence-electron chi connectivity index (χ2n) is 2.71. The SMILES string of the molecule is N#CC(C#N)=CNc1cc(F)c(Cl)cc1O. The van der Waals surface area contributed by atoms with Gasteiger partial charge in [-0.15, -0.1) is 0 Å². The molecule has 0 aliphatic carbocycles. The Kier molecular flexibility index (Phi) is 3.71. The van der Waals surface area contributed by atoms with Crippen molar-refractivity contribution in [2.45, 2.75) is 0 Å². The number of nitrogens with one attached hydrogen (secondary N) is 1. The molecule has 0 amide bonds. The number of phenols is 1. The lowest BCUT2D eigenvalue weighted by molar-refractivity contribution is 0.475. The summed E-state index contributed by atoms with van der Waals surface area (Å²) in [4.78, 5) is 0. The first-order valence-corrected chi connectivity index (χ1v) is 4.41. The maximum atomic E-state index is 13.0. The van der Waals surface area contributed by atoms with Gasteiger partial charge in [-0.3, -0.25) is 0 Å². The van der Waals surface area contributed by atoms with Gasteiger partial charge >= 0.3 is 0 Å². The fourth-order valence-corrected chi connectivity index (χ4v) is 1.05. The average molecular weight is 238 g/mol. The summed E-state index contributed by atoms with van der Waals surface area (Å²) >= 11 is 5.42. The molecule has 16 heavy (non-hydrogen) atoms. The summed E-state index contributed by atoms with van der Waals surface area (Å²) < 4.78 is 13.0. The first kappa shape index (κ1) is 11.8. The molecule has 2 N–H and O–H groups in total. The number of nitriles is 2. The lowest BCUT2D eigenvalue weighted by atomic mass is 10.2. The molecule has 0 saturated heterocycles. The second-order valence-corrected chi connectivity index (χ2v) is 3.12. The molecule has 0 unspecified atom stereocenters. The molecule has 0 aromatic heterocycles. The number of benzene rings is 1. The Balaban J connectivity index is 3.01. The van der Waals surface area contributed by atoms with Crippen LogP contribution in [-0.2, 0) is 0 Å². The van der Waals surface area contributed by atoms with Crippen molar-refractivity contribution >= 4 is 17.3 Å². The highest BCUT2D eigenvalue weighted by molar-refractivity contribution is 6.31. The molecule has 1 aromatic carbocycles. The Labute approximate surface area is 95.8 Å². The molecule has 1 aromatic rings. The van der Waals surface area contributed by atoms with Crippen molar-refractivity contribution in [3.63, 3.8) is 0 Å². The van der Waals surface area contributed by atoms with E-state index in [1.807, 2.05) is 0 Å². The standard InChI is InChI=1S/C10H5ClFN3O/c11-7-1-10(16)9(2-8(7)12)15-5-6(3-13)4-14/h1-2,5,15-16H. The number of anilines is 1. The van der Waals surface area contributed by atoms with Gasteiger partial charge in [-0.2, -0.15) is 10.5 Å². The summed E-state index contributed by atoms with van der Waals surface area (Å²) in [5.74, 6) is -0.997. The fraction of sp³-hybridized carbons (Fsp3) is 0. The molecule has 0 bridgehead atoms. The van der Waals surface area contributed by atoms with Crippen molar-refractivity contribution in [3.05, 3.63) is 34.7 Å². The molecule has 0 radical (unpaired) electrons. The highest BCUT2D eigenvalue weighted by Crippen LogP contribution is 2.29. The zero-order chi connectivity index (χ0) is 12.1. The molecular formula is C10H5ClFN3O. The first-order chi connectivity index (χ1) is 7.58. The topological polar surface area (TPSA) is 79.8 Å². The minimum absolute atomic E-state index is 0.0184. The second kappa shape index (κ2) is 5.01. The molecule has 0 aliphatic rings. The molecule has 0 atom stereocenters. The van der Waals surface area contributed by atoms with Gasteiger partial charge in [-0.05, 0) is 0 Å². The smallest absolute Gasteiger partial charge is 0.145 e. The van der Waals surface area contributed by atoms with Crippen LogP contribution in [0, 0.1) is 28.5 Å². The molecule has 0 saturated carbocycles. The molecule has 0 fully saturated rings. The van der Waals surface area contributed by atoms with Crippen LogP contribution >= 0.6 is 11.6 Å². The van der Waals surface area contributed by atoms with Crippen LogP contribution in [0.1, 0.15) is 0 Å². The van der Waals surface area contributed by atoms with Crippen molar-refractivity contribution in [1.29, 1.82) is 10.5 Å². The number of hydrogen-bond acceptors (Lipinski definition) is 4. The van der Waals surface area contributed by atoms with Crippen molar-refractivity contribution in [2.75, 3.05) is 5.32 Å². The van der Waals surface area contributed by atoms with Crippen LogP contribution in [0.25, 0.3) is 0 Å². The van der Waals surface area contributed by atoms with Crippen LogP contribution in [0.3, 0.4) is 0 Å². The third-order valence-corrected chi connectivity index (χ3v) is 1.94. The fourth-order valence-electron chi connectivity index (χ4n) is 0.891. The monoisotopic (exact) mass is 237 g/mol. The summed E-state index contributed by atoms with van der Waals surface area (Å²) in [5, 5.41) is 28.4. The number of rotatable bonds is 2. The Bertz CT molecular complexity index is 512. The van der Waals surface area contributed by atoms with Crippen LogP contribution in [-0.4, -0.2) is 5.11 Å². The van der Waals surface area contributed by atoms with E-state index in [0.29, 0.717) is 0 Å². The number of halogens is 2. The van der Waals surface area contributed by atoms with Crippen LogP contribution in [0.5, 0.6) is 5.75 Å². The van der Waals surface area contributed by atoms with E-state index >= 15 is 0 Å². The van der Waals surface area contributed by atoms with Gasteiger partial charge in [-0.1, -0.05) is 11.6 Å². The highest BCUT2D eigenvalue weighted by atomic mass is 35.5. The van der Waals surface area contributed by atoms with Gasteiger partial charge in [0, 0.05) is 18.3 Å². The number of hydrogen-bond donors (Lipinski definition) is 2. The van der Waals surface area contributed by atoms with Gasteiger partial charge in [0.15, 0.2) is 0 Å². The minimum atomic E-state index is -0.717. The van der Waals surface area contributed by atoms with E-state index in [-0.39, 0.29) is 22.0 Å². The number of aromatic hydroxyl groups is 1. The first-order valence-electron chi connectivity index (χ1n) is 4.03. The Morgan fingerprint density at radius 3 is 2.62 bits per heavy atom. The van der Waals surface area contributed by atoms with E-state index in [2.05, 4.69) is 5.32 Å². The Morgan fingerprint density at radius 2 is 2.06 bits per heavy atom. The van der Waals surface area contributed by atoms with Crippen molar-refractivity contribution < 1.29 is 9.50 Å². The Morgan fingerprint density at radius 1 is 1.44 bits per heavy atom. The summed E-state index contributed by atoms with van der Waals surface area (Å²) in [6, 6.07) is 5.19. The maximum absolute atomic E-state index is 13.0. The van der Waals surface area contributed by atoms with E-state index in [9.17, 15) is 9.50 Å². The molecule has 0 spiro atoms. The van der Waals surface area contributed by atoms with Gasteiger partial charge < -0.3 is 10.4 Å². The third-order valence-electron chi connectivity index (χ3n) is 1.65. The number of phenolic OH excluding ortho intramolecular Hbond substituents is 1. The van der Waals surface area contributed by atoms with E-state index in [1.165, 1.54) is 0 Å². The molecule has 1 rings (SSSR count). The number of nitrogens with zero attached hydrogens (tertiary/aromatic N) is 2. The van der Waals surface area contributed by atoms with Gasteiger partial charge in [0.25, 0.3) is 0 Å². The summed E-state index contributed by atoms with van der Waals surface area (Å²) in [7, 11) is 0. The van der Waals surface area contributed by atoms with E-state index in [0.717, 1.165) is 18.3 Å². The largest absolute Gasteiger partial charge is 0.506 e. The zero-order valence-electron chi connectivity index (χ0n) is 7.83. The summed E-state index contributed by atoms with van der Waals surface area (Å²) in [6.45, 7) is 0. The van der Waals surface area contributed by atoms with Crippen molar-refractivity contribution in [3.8, 4) is 17.9 Å². The minimum Gasteiger partial charge on any atom is -0.506 e. The molecule has 4 nitrogen and oxygen atoms in total. The summed E-state index contributed by atoms with van der Waals surface area (Å²) in [6.07, 6.45) is 1.06. The zero-order valence-corrected chi connectivity index (χ0v) is 8.59. The lowest BCUT2D eigenvalue weighted by Crippen LogP contribution is -1.92. The normalized spacial score (nSPS) is 8.75. The van der Waals surface area contributed by atoms with Crippen molar-refractivity contribution in [1.82, 2.24) is 0 Å². The quantitative estimate of drug-likeness (QED) is 0.612. The van der Waals surface area contributed by atoms with E-state index in [4.69, 9.17) is 22.1 Å². The molecular weight excluding hydrogens is 233 g/mol. The number of allylic oxidation sites excluding steroid dienone is 1. The van der Waals surface area contributed by atoms with Gasteiger partial charge in [0.2, 0.25) is 0 Å². The van der Waals surface area contributed by atoms with Crippen LogP contribution in [0.2, 0.25) is 5.02 Å². The van der Waals surface area contributed by atoms with Gasteiger partial charge in [0.1, 0.15) is 29.3 Å².